The molecule has 0 aromatic heterocycles. The molecule has 4 saturated carbocycles. The van der Waals surface area contributed by atoms with Crippen LogP contribution in [0, 0.1) is 56.2 Å². The Labute approximate surface area is 308 Å². The summed E-state index contributed by atoms with van der Waals surface area (Å²) in [6.45, 7) is 23.1. The monoisotopic (exact) mass is 711 g/mol. The smallest absolute Gasteiger partial charge is 0.326 e. The molecule has 0 aromatic rings. The molecule has 3 unspecified atom stereocenters. The van der Waals surface area contributed by atoms with Crippen molar-refractivity contribution in [2.24, 2.45) is 56.2 Å². The summed E-state index contributed by atoms with van der Waals surface area (Å²) in [6.07, 6.45) is 14.7. The third kappa shape index (κ3) is 6.81. The number of nitrogens with one attached hydrogen (secondary N) is 2. The summed E-state index contributed by atoms with van der Waals surface area (Å²) < 4.78 is 6.17. The minimum absolute atomic E-state index is 0.00946. The molecule has 3 N–H and O–H groups in total. The van der Waals surface area contributed by atoms with E-state index in [-0.39, 0.29) is 69.2 Å². The van der Waals surface area contributed by atoms with Crippen LogP contribution in [-0.2, 0) is 23.9 Å². The van der Waals surface area contributed by atoms with Crippen molar-refractivity contribution in [3.8, 4) is 0 Å². The number of esters is 1. The van der Waals surface area contributed by atoms with Crippen LogP contribution in [0.25, 0.3) is 0 Å². The van der Waals surface area contributed by atoms with Gasteiger partial charge in [0, 0.05) is 24.8 Å². The Bertz CT molecular complexity index is 1400. The van der Waals surface area contributed by atoms with Gasteiger partial charge in [0.2, 0.25) is 11.8 Å². The first kappa shape index (κ1) is 39.8. The molecule has 0 aromatic carbocycles. The van der Waals surface area contributed by atoms with Crippen LogP contribution in [0.5, 0.6) is 0 Å². The highest BCUT2D eigenvalue weighted by Gasteiger charge is 2.69. The molecule has 8 nitrogen and oxygen atoms in total. The second-order valence-electron chi connectivity index (χ2n) is 19.9. The van der Waals surface area contributed by atoms with E-state index in [2.05, 4.69) is 65.2 Å². The van der Waals surface area contributed by atoms with Crippen molar-refractivity contribution >= 4 is 23.8 Å². The number of amides is 2. The van der Waals surface area contributed by atoms with Crippen molar-refractivity contribution in [3.63, 3.8) is 0 Å². The van der Waals surface area contributed by atoms with Crippen molar-refractivity contribution in [3.05, 3.63) is 11.6 Å². The van der Waals surface area contributed by atoms with Gasteiger partial charge in [-0.15, -0.1) is 0 Å². The van der Waals surface area contributed by atoms with Gasteiger partial charge in [-0.25, -0.2) is 4.79 Å². The highest BCUT2D eigenvalue weighted by atomic mass is 16.5. The summed E-state index contributed by atoms with van der Waals surface area (Å²) in [5.74, 6) is -0.225. The van der Waals surface area contributed by atoms with E-state index in [4.69, 9.17) is 4.74 Å². The van der Waals surface area contributed by atoms with E-state index in [9.17, 15) is 24.3 Å². The fraction of sp³-hybridized carbons (Fsp3) is 0.860. The van der Waals surface area contributed by atoms with E-state index in [1.54, 1.807) is 13.8 Å². The zero-order valence-electron chi connectivity index (χ0n) is 33.6. The lowest BCUT2D eigenvalue weighted by molar-refractivity contribution is -0.213. The van der Waals surface area contributed by atoms with Crippen molar-refractivity contribution in [1.29, 1.82) is 0 Å². The number of hydrogen-bond acceptors (Lipinski definition) is 5. The Hall–Kier alpha value is -2.38. The van der Waals surface area contributed by atoms with E-state index in [0.29, 0.717) is 31.2 Å². The Morgan fingerprint density at radius 3 is 2.24 bits per heavy atom. The maximum absolute atomic E-state index is 14.4. The number of fused-ring (bicyclic) bond motifs is 7. The third-order valence-electron chi connectivity index (χ3n) is 15.9. The molecule has 0 heterocycles. The minimum Gasteiger partial charge on any atom is -0.480 e. The Kier molecular flexibility index (Phi) is 11.0. The van der Waals surface area contributed by atoms with Crippen LogP contribution in [0.4, 0.5) is 0 Å². The van der Waals surface area contributed by atoms with Gasteiger partial charge in [-0.1, -0.05) is 80.9 Å². The molecule has 0 saturated heterocycles. The molecule has 0 spiro atoms. The standard InChI is InChI=1S/C43H70N2O6/c1-11-13-34(47)51-32-18-19-40(8)30(39(32,6)7)17-20-42(10)31(40)16-15-28-29-26-38(4,5)21-23-43(29,24-22-41(28,42)9)37(50)44-25-12-14-33(46)45-35(27(2)3)36(48)49/h15,27,29-32,35H,11-14,16-26H2,1-10H3,(H,44,50)(H,45,46)(H,48,49)/t29?,30?,31?,32-,35-,40-,41+,42+,43-/m0/s1. The van der Waals surface area contributed by atoms with Gasteiger partial charge in [0.15, 0.2) is 0 Å². The number of allylic oxidation sites excluding steroid dienone is 2. The molecule has 51 heavy (non-hydrogen) atoms. The van der Waals surface area contributed by atoms with Crippen molar-refractivity contribution < 1.29 is 29.0 Å². The molecule has 288 valence electrons. The molecule has 5 rings (SSSR count). The molecule has 0 aliphatic heterocycles. The average molecular weight is 711 g/mol. The molecule has 0 radical (unpaired) electrons. The van der Waals surface area contributed by atoms with Gasteiger partial charge in [-0.3, -0.25) is 14.4 Å². The SMILES string of the molecule is CCCC(=O)O[C@H]1CC[C@@]2(C)C(CC[C@]3(C)C2CC=C2C4CC(C)(C)CC[C@]4(C(=O)NCCCC(=O)N[C@H](C(=O)O)C(C)C)CC[C@]23C)C1(C)C. The number of hydrogen-bond donors (Lipinski definition) is 3. The van der Waals surface area contributed by atoms with Gasteiger partial charge in [0.25, 0.3) is 0 Å². The number of ether oxygens (including phenoxy) is 1. The lowest BCUT2D eigenvalue weighted by Crippen LogP contribution is -2.65. The van der Waals surface area contributed by atoms with Crippen LogP contribution in [-0.4, -0.2) is 47.6 Å². The van der Waals surface area contributed by atoms with E-state index in [1.165, 1.54) is 5.57 Å². The number of carboxylic acids is 1. The highest BCUT2D eigenvalue weighted by Crippen LogP contribution is 2.75. The lowest BCUT2D eigenvalue weighted by Gasteiger charge is -2.71. The molecule has 8 heteroatoms. The van der Waals surface area contributed by atoms with Crippen LogP contribution < -0.4 is 10.6 Å². The van der Waals surface area contributed by atoms with Crippen molar-refractivity contribution in [2.75, 3.05) is 6.54 Å². The summed E-state index contributed by atoms with van der Waals surface area (Å²) >= 11 is 0. The third-order valence-corrected chi connectivity index (χ3v) is 15.9. The summed E-state index contributed by atoms with van der Waals surface area (Å²) in [4.78, 5) is 51.2. The number of rotatable bonds is 11. The number of carboxylic acid groups (broad SMARTS) is 1. The molecule has 9 atom stereocenters. The molecule has 2 amide bonds. The maximum Gasteiger partial charge on any atom is 0.326 e. The van der Waals surface area contributed by atoms with Gasteiger partial charge in [0.05, 0.1) is 5.41 Å². The summed E-state index contributed by atoms with van der Waals surface area (Å²) in [7, 11) is 0. The van der Waals surface area contributed by atoms with Crippen LogP contribution in [0.2, 0.25) is 0 Å². The minimum atomic E-state index is -1.03. The Morgan fingerprint density at radius 1 is 0.902 bits per heavy atom. The number of aliphatic carboxylic acids is 1. The normalized spacial score (nSPS) is 38.5. The van der Waals surface area contributed by atoms with Gasteiger partial charge in [-0.05, 0) is 122 Å². The molecule has 4 fully saturated rings. The lowest BCUT2D eigenvalue weighted by atomic mass is 9.33. The van der Waals surface area contributed by atoms with E-state index in [1.807, 2.05) is 6.92 Å². The van der Waals surface area contributed by atoms with Crippen LogP contribution in [0.1, 0.15) is 159 Å². The first-order valence-electron chi connectivity index (χ1n) is 20.4. The predicted molar refractivity (Wildman–Crippen MR) is 200 cm³/mol. The Morgan fingerprint density at radius 2 is 1.59 bits per heavy atom. The summed E-state index contributed by atoms with van der Waals surface area (Å²) in [5.41, 5.74) is 1.44. The quantitative estimate of drug-likeness (QED) is 0.112. The fourth-order valence-electron chi connectivity index (χ4n) is 12.6. The molecule has 0 bridgehead atoms. The first-order chi connectivity index (χ1) is 23.7. The van der Waals surface area contributed by atoms with Gasteiger partial charge >= 0.3 is 11.9 Å². The maximum atomic E-state index is 14.4. The Balaban J connectivity index is 1.35. The molecule has 5 aliphatic rings. The predicted octanol–water partition coefficient (Wildman–Crippen LogP) is 8.62. The second-order valence-corrected chi connectivity index (χ2v) is 19.9. The van der Waals surface area contributed by atoms with Gasteiger partial charge < -0.3 is 20.5 Å². The van der Waals surface area contributed by atoms with Gasteiger partial charge in [0.1, 0.15) is 12.1 Å². The number of carbonyl (C=O) groups is 4. The van der Waals surface area contributed by atoms with Crippen molar-refractivity contribution in [2.45, 2.75) is 171 Å². The fourth-order valence-corrected chi connectivity index (χ4v) is 12.6. The summed E-state index contributed by atoms with van der Waals surface area (Å²) in [6, 6.07) is -0.909. The number of carbonyl (C=O) groups excluding carboxylic acids is 3. The molecular formula is C43H70N2O6. The van der Waals surface area contributed by atoms with E-state index < -0.39 is 17.4 Å². The van der Waals surface area contributed by atoms with Crippen LogP contribution in [0.15, 0.2) is 11.6 Å². The highest BCUT2D eigenvalue weighted by molar-refractivity contribution is 5.85. The average Bonchev–Trinajstić information content (AvgIpc) is 3.03. The first-order valence-corrected chi connectivity index (χ1v) is 20.4. The van der Waals surface area contributed by atoms with Crippen LogP contribution >= 0.6 is 0 Å². The zero-order chi connectivity index (χ0) is 37.8. The largest absolute Gasteiger partial charge is 0.480 e. The molecular weight excluding hydrogens is 640 g/mol. The van der Waals surface area contributed by atoms with Crippen LogP contribution in [0.3, 0.4) is 0 Å². The summed E-state index contributed by atoms with van der Waals surface area (Å²) in [5, 5.41) is 15.4. The van der Waals surface area contributed by atoms with Crippen molar-refractivity contribution in [1.82, 2.24) is 10.6 Å². The van der Waals surface area contributed by atoms with E-state index in [0.717, 1.165) is 70.6 Å². The zero-order valence-corrected chi connectivity index (χ0v) is 33.6. The second kappa shape index (κ2) is 14.1. The van der Waals surface area contributed by atoms with Gasteiger partial charge in [-0.2, -0.15) is 0 Å². The topological polar surface area (TPSA) is 122 Å². The molecule has 5 aliphatic carbocycles. The van der Waals surface area contributed by atoms with E-state index >= 15 is 0 Å².